The van der Waals surface area contributed by atoms with Gasteiger partial charge in [-0.1, -0.05) is 23.7 Å². The molecule has 1 atom stereocenters. The minimum absolute atomic E-state index is 0.0335. The highest BCUT2D eigenvalue weighted by atomic mass is 35.5. The lowest BCUT2D eigenvalue weighted by molar-refractivity contribution is -0.128. The molecule has 2 amide bonds. The highest BCUT2D eigenvalue weighted by molar-refractivity contribution is 6.30. The fourth-order valence-corrected chi connectivity index (χ4v) is 2.18. The van der Waals surface area contributed by atoms with Crippen LogP contribution in [0.1, 0.15) is 12.0 Å². The quantitative estimate of drug-likeness (QED) is 0.878. The fraction of sp³-hybridized carbons (Fsp3) is 0.333. The molecule has 1 aliphatic rings. The number of halogens is 1. The molecule has 1 aliphatic heterocycles. The van der Waals surface area contributed by atoms with Crippen molar-refractivity contribution in [1.82, 2.24) is 4.90 Å². The third-order valence-corrected chi connectivity index (χ3v) is 3.11. The van der Waals surface area contributed by atoms with Crippen LogP contribution in [0, 0.1) is 5.92 Å². The number of nitrogens with zero attached hydrogens (tertiary/aromatic N) is 1. The van der Waals surface area contributed by atoms with E-state index in [9.17, 15) is 9.59 Å². The van der Waals surface area contributed by atoms with Gasteiger partial charge in [-0.25, -0.2) is 0 Å². The van der Waals surface area contributed by atoms with Crippen LogP contribution in [0.25, 0.3) is 0 Å². The molecule has 0 aliphatic carbocycles. The van der Waals surface area contributed by atoms with Gasteiger partial charge in [-0.2, -0.15) is 0 Å². The van der Waals surface area contributed by atoms with Gasteiger partial charge in [-0.15, -0.1) is 0 Å². The van der Waals surface area contributed by atoms with Gasteiger partial charge in [-0.3, -0.25) is 9.59 Å². The van der Waals surface area contributed by atoms with Gasteiger partial charge in [0.25, 0.3) is 0 Å². The Labute approximate surface area is 104 Å². The van der Waals surface area contributed by atoms with Crippen LogP contribution in [-0.2, 0) is 16.1 Å². The number of benzene rings is 1. The van der Waals surface area contributed by atoms with Crippen LogP contribution in [0.3, 0.4) is 0 Å². The first-order valence-electron chi connectivity index (χ1n) is 5.38. The van der Waals surface area contributed by atoms with Crippen molar-refractivity contribution in [2.24, 2.45) is 11.7 Å². The zero-order valence-electron chi connectivity index (χ0n) is 9.23. The van der Waals surface area contributed by atoms with E-state index in [0.717, 1.165) is 5.56 Å². The summed E-state index contributed by atoms with van der Waals surface area (Å²) in [6.45, 7) is 0.879. The Morgan fingerprint density at radius 2 is 2.29 bits per heavy atom. The lowest BCUT2D eigenvalue weighted by atomic mass is 10.1. The number of carbonyl (C=O) groups is 2. The fourth-order valence-electron chi connectivity index (χ4n) is 1.97. The summed E-state index contributed by atoms with van der Waals surface area (Å²) in [4.78, 5) is 24.3. The summed E-state index contributed by atoms with van der Waals surface area (Å²) < 4.78 is 0. The molecular formula is C12H13ClN2O2. The summed E-state index contributed by atoms with van der Waals surface area (Å²) in [5.41, 5.74) is 6.16. The van der Waals surface area contributed by atoms with Crippen molar-refractivity contribution in [2.45, 2.75) is 13.0 Å². The predicted molar refractivity (Wildman–Crippen MR) is 64.2 cm³/mol. The molecule has 1 aromatic carbocycles. The second kappa shape index (κ2) is 4.75. The number of carbonyl (C=O) groups excluding carboxylic acids is 2. The summed E-state index contributed by atoms with van der Waals surface area (Å²) in [5.74, 6) is -0.803. The maximum atomic E-state index is 11.7. The SMILES string of the molecule is NC(=O)C1CC(=O)N(Cc2cccc(Cl)c2)C1. The Kier molecular flexibility index (Phi) is 3.33. The van der Waals surface area contributed by atoms with Gasteiger partial charge in [0.15, 0.2) is 0 Å². The smallest absolute Gasteiger partial charge is 0.223 e. The highest BCUT2D eigenvalue weighted by Gasteiger charge is 2.32. The topological polar surface area (TPSA) is 63.4 Å². The molecule has 1 unspecified atom stereocenters. The van der Waals surface area contributed by atoms with Crippen LogP contribution in [0.2, 0.25) is 5.02 Å². The van der Waals surface area contributed by atoms with Crippen LogP contribution in [0.15, 0.2) is 24.3 Å². The third-order valence-electron chi connectivity index (χ3n) is 2.88. The largest absolute Gasteiger partial charge is 0.369 e. The van der Waals surface area contributed by atoms with E-state index in [0.29, 0.717) is 18.1 Å². The van der Waals surface area contributed by atoms with Gasteiger partial charge in [0.05, 0.1) is 5.92 Å². The molecule has 2 rings (SSSR count). The van der Waals surface area contributed by atoms with Gasteiger partial charge >= 0.3 is 0 Å². The molecule has 1 fully saturated rings. The van der Waals surface area contributed by atoms with Crippen LogP contribution < -0.4 is 5.73 Å². The molecule has 90 valence electrons. The number of nitrogens with two attached hydrogens (primary N) is 1. The summed E-state index contributed by atoms with van der Waals surface area (Å²) in [7, 11) is 0. The number of primary amides is 1. The molecule has 1 aromatic rings. The first-order chi connectivity index (χ1) is 8.06. The third kappa shape index (κ3) is 2.77. The van der Waals surface area contributed by atoms with Gasteiger partial charge in [0, 0.05) is 24.5 Å². The molecule has 0 spiro atoms. The van der Waals surface area contributed by atoms with E-state index >= 15 is 0 Å². The zero-order valence-corrected chi connectivity index (χ0v) is 9.98. The summed E-state index contributed by atoms with van der Waals surface area (Å²) in [6, 6.07) is 7.33. The maximum Gasteiger partial charge on any atom is 0.223 e. The standard InChI is InChI=1S/C12H13ClN2O2/c13-10-3-1-2-8(4-10)6-15-7-9(12(14)17)5-11(15)16/h1-4,9H,5-7H2,(H2,14,17). The minimum atomic E-state index is -0.410. The first kappa shape index (κ1) is 11.9. The number of hydrogen-bond acceptors (Lipinski definition) is 2. The van der Waals surface area contributed by atoms with Crippen LogP contribution in [0.4, 0.5) is 0 Å². The van der Waals surface area contributed by atoms with E-state index in [-0.39, 0.29) is 18.2 Å². The van der Waals surface area contributed by atoms with Crippen molar-refractivity contribution in [3.8, 4) is 0 Å². The van der Waals surface area contributed by atoms with Gasteiger partial charge in [0.2, 0.25) is 11.8 Å². The molecule has 1 saturated heterocycles. The van der Waals surface area contributed by atoms with E-state index in [1.807, 2.05) is 18.2 Å². The molecule has 2 N–H and O–H groups in total. The number of hydrogen-bond donors (Lipinski definition) is 1. The van der Waals surface area contributed by atoms with E-state index in [1.165, 1.54) is 0 Å². The lowest BCUT2D eigenvalue weighted by Gasteiger charge is -2.16. The molecule has 0 radical (unpaired) electrons. The minimum Gasteiger partial charge on any atom is -0.369 e. The number of likely N-dealkylation sites (tertiary alicyclic amines) is 1. The second-order valence-corrected chi connectivity index (χ2v) is 4.64. The Bertz CT molecular complexity index is 462. The molecule has 4 nitrogen and oxygen atoms in total. The summed E-state index contributed by atoms with van der Waals surface area (Å²) >= 11 is 5.87. The van der Waals surface area contributed by atoms with E-state index in [4.69, 9.17) is 17.3 Å². The maximum absolute atomic E-state index is 11.7. The Morgan fingerprint density at radius 3 is 2.88 bits per heavy atom. The Morgan fingerprint density at radius 1 is 1.53 bits per heavy atom. The van der Waals surface area contributed by atoms with Gasteiger partial charge < -0.3 is 10.6 Å². The van der Waals surface area contributed by atoms with Crippen molar-refractivity contribution >= 4 is 23.4 Å². The van der Waals surface area contributed by atoms with Gasteiger partial charge in [0.1, 0.15) is 0 Å². The van der Waals surface area contributed by atoms with E-state index in [1.54, 1.807) is 11.0 Å². The Hall–Kier alpha value is -1.55. The number of amides is 2. The predicted octanol–water partition coefficient (Wildman–Crippen LogP) is 1.17. The van der Waals surface area contributed by atoms with Crippen molar-refractivity contribution in [1.29, 1.82) is 0 Å². The number of rotatable bonds is 3. The summed E-state index contributed by atoms with van der Waals surface area (Å²) in [6.07, 6.45) is 0.218. The second-order valence-electron chi connectivity index (χ2n) is 4.21. The zero-order chi connectivity index (χ0) is 12.4. The average Bonchev–Trinajstić information content (AvgIpc) is 2.61. The lowest BCUT2D eigenvalue weighted by Crippen LogP contribution is -2.28. The molecular weight excluding hydrogens is 240 g/mol. The molecule has 0 bridgehead atoms. The van der Waals surface area contributed by atoms with Crippen LogP contribution in [-0.4, -0.2) is 23.3 Å². The van der Waals surface area contributed by atoms with Gasteiger partial charge in [-0.05, 0) is 17.7 Å². The monoisotopic (exact) mass is 252 g/mol. The van der Waals surface area contributed by atoms with E-state index in [2.05, 4.69) is 0 Å². The summed E-state index contributed by atoms with van der Waals surface area (Å²) in [5, 5.41) is 0.639. The molecule has 0 aromatic heterocycles. The first-order valence-corrected chi connectivity index (χ1v) is 5.75. The average molecular weight is 253 g/mol. The van der Waals surface area contributed by atoms with Crippen LogP contribution >= 0.6 is 11.6 Å². The highest BCUT2D eigenvalue weighted by Crippen LogP contribution is 2.20. The Balaban J connectivity index is 2.05. The van der Waals surface area contributed by atoms with Crippen molar-refractivity contribution in [2.75, 3.05) is 6.54 Å². The van der Waals surface area contributed by atoms with Crippen molar-refractivity contribution in [3.05, 3.63) is 34.9 Å². The molecule has 0 saturated carbocycles. The molecule has 1 heterocycles. The van der Waals surface area contributed by atoms with E-state index < -0.39 is 5.91 Å². The van der Waals surface area contributed by atoms with Crippen molar-refractivity contribution < 1.29 is 9.59 Å². The molecule has 5 heteroatoms. The normalized spacial score (nSPS) is 19.7. The van der Waals surface area contributed by atoms with Crippen LogP contribution in [0.5, 0.6) is 0 Å². The molecule has 17 heavy (non-hydrogen) atoms. The van der Waals surface area contributed by atoms with Crippen molar-refractivity contribution in [3.63, 3.8) is 0 Å².